The number of likely N-dealkylation sites (tertiary alicyclic amines) is 1. The molecule has 1 unspecified atom stereocenters. The summed E-state index contributed by atoms with van der Waals surface area (Å²) in [7, 11) is 0. The second-order valence-electron chi connectivity index (χ2n) is 7.12. The molecule has 0 radical (unpaired) electrons. The summed E-state index contributed by atoms with van der Waals surface area (Å²) < 4.78 is 14.8. The molecule has 3 aromatic rings. The molecule has 0 saturated carbocycles. The predicted octanol–water partition coefficient (Wildman–Crippen LogP) is 6.00. The number of hydrogen-bond acceptors (Lipinski definition) is 4. The van der Waals surface area contributed by atoms with Gasteiger partial charge >= 0.3 is 0 Å². The van der Waals surface area contributed by atoms with E-state index >= 15 is 0 Å². The quantitative estimate of drug-likeness (QED) is 0.555. The molecule has 1 N–H and O–H groups in total. The molecular formula is C22H23FN2OS2. The van der Waals surface area contributed by atoms with Crippen molar-refractivity contribution in [2.24, 2.45) is 0 Å². The number of carbonyl (C=O) groups excluding carboxylic acids is 1. The van der Waals surface area contributed by atoms with E-state index < -0.39 is 0 Å². The lowest BCUT2D eigenvalue weighted by Gasteiger charge is -2.30. The lowest BCUT2D eigenvalue weighted by atomic mass is 9.94. The number of rotatable bonds is 5. The normalized spacial score (nSPS) is 15.7. The Labute approximate surface area is 172 Å². The van der Waals surface area contributed by atoms with E-state index in [1.54, 1.807) is 17.4 Å². The number of amides is 1. The number of nitrogens with zero attached hydrogens (tertiary/aromatic N) is 1. The van der Waals surface area contributed by atoms with Crippen molar-refractivity contribution in [3.8, 4) is 0 Å². The van der Waals surface area contributed by atoms with Crippen molar-refractivity contribution in [3.63, 3.8) is 0 Å². The Hall–Kier alpha value is -2.02. The van der Waals surface area contributed by atoms with Crippen molar-refractivity contribution >= 4 is 33.6 Å². The van der Waals surface area contributed by atoms with Crippen LogP contribution in [0.2, 0.25) is 0 Å². The summed E-state index contributed by atoms with van der Waals surface area (Å²) >= 11 is 3.00. The van der Waals surface area contributed by atoms with Gasteiger partial charge in [0.25, 0.3) is 5.91 Å². The molecule has 1 saturated heterocycles. The van der Waals surface area contributed by atoms with Crippen molar-refractivity contribution in [2.75, 3.05) is 18.4 Å². The zero-order valence-corrected chi connectivity index (χ0v) is 17.6. The molecule has 1 aliphatic heterocycles. The van der Waals surface area contributed by atoms with Gasteiger partial charge in [0.1, 0.15) is 10.8 Å². The smallest absolute Gasteiger partial charge is 0.266 e. The van der Waals surface area contributed by atoms with Crippen LogP contribution in [0.5, 0.6) is 0 Å². The molecule has 0 bridgehead atoms. The summed E-state index contributed by atoms with van der Waals surface area (Å²) in [6, 6.07) is 10.5. The molecule has 1 aromatic carbocycles. The maximum absolute atomic E-state index is 14.8. The average molecular weight is 415 g/mol. The Bertz CT molecular complexity index is 975. The molecule has 3 nitrogen and oxygen atoms in total. The molecule has 2 aromatic heterocycles. The first kappa shape index (κ1) is 19.3. The van der Waals surface area contributed by atoms with Gasteiger partial charge in [-0.3, -0.25) is 9.69 Å². The molecule has 146 valence electrons. The van der Waals surface area contributed by atoms with Gasteiger partial charge in [0.15, 0.2) is 0 Å². The Morgan fingerprint density at radius 3 is 2.57 bits per heavy atom. The summed E-state index contributed by atoms with van der Waals surface area (Å²) in [6.07, 6.45) is 2.23. The highest BCUT2D eigenvalue weighted by molar-refractivity contribution is 7.17. The van der Waals surface area contributed by atoms with Crippen LogP contribution < -0.4 is 5.32 Å². The van der Waals surface area contributed by atoms with E-state index in [9.17, 15) is 9.18 Å². The predicted molar refractivity (Wildman–Crippen MR) is 115 cm³/mol. The van der Waals surface area contributed by atoms with Crippen molar-refractivity contribution in [2.45, 2.75) is 32.7 Å². The molecule has 1 amide bonds. The number of carbonyl (C=O) groups is 1. The van der Waals surface area contributed by atoms with Crippen LogP contribution in [0.15, 0.2) is 41.8 Å². The molecule has 1 atom stereocenters. The Morgan fingerprint density at radius 2 is 1.89 bits per heavy atom. The molecule has 3 heterocycles. The standard InChI is InChI=1S/C22H23FN2OS2/c1-14-15(2)28-22(24-21(26)18-10-7-13-27-18)19(14)20(25-11-5-6-12-25)16-8-3-4-9-17(16)23/h3-4,7-10,13,20H,5-6,11-12H2,1-2H3,(H,24,26). The molecule has 4 rings (SSSR count). The summed E-state index contributed by atoms with van der Waals surface area (Å²) in [5.74, 6) is -0.301. The maximum Gasteiger partial charge on any atom is 0.266 e. The van der Waals surface area contributed by atoms with Gasteiger partial charge in [-0.05, 0) is 62.9 Å². The van der Waals surface area contributed by atoms with Crippen LogP contribution in [-0.4, -0.2) is 23.9 Å². The number of nitrogens with one attached hydrogen (secondary N) is 1. The second kappa shape index (κ2) is 8.15. The van der Waals surface area contributed by atoms with Crippen LogP contribution in [0, 0.1) is 19.7 Å². The Morgan fingerprint density at radius 1 is 1.14 bits per heavy atom. The molecule has 28 heavy (non-hydrogen) atoms. The SMILES string of the molecule is Cc1sc(NC(=O)c2cccs2)c(C(c2ccccc2F)N2CCCC2)c1C. The van der Waals surface area contributed by atoms with Gasteiger partial charge in [-0.1, -0.05) is 24.3 Å². The topological polar surface area (TPSA) is 32.3 Å². The zero-order chi connectivity index (χ0) is 19.7. The van der Waals surface area contributed by atoms with Gasteiger partial charge in [0, 0.05) is 16.0 Å². The van der Waals surface area contributed by atoms with E-state index in [-0.39, 0.29) is 17.8 Å². The minimum atomic E-state index is -0.196. The van der Waals surface area contributed by atoms with Crippen molar-refractivity contribution < 1.29 is 9.18 Å². The lowest BCUT2D eigenvalue weighted by Crippen LogP contribution is -2.28. The van der Waals surface area contributed by atoms with Crippen LogP contribution >= 0.6 is 22.7 Å². The minimum absolute atomic E-state index is 0.105. The molecule has 1 fully saturated rings. The van der Waals surface area contributed by atoms with Crippen LogP contribution in [0.25, 0.3) is 0 Å². The fourth-order valence-corrected chi connectivity index (χ4v) is 5.58. The van der Waals surface area contributed by atoms with Crippen LogP contribution in [0.1, 0.15) is 50.1 Å². The van der Waals surface area contributed by atoms with Gasteiger partial charge in [0.05, 0.1) is 10.9 Å². The second-order valence-corrected chi connectivity index (χ2v) is 9.30. The number of hydrogen-bond donors (Lipinski definition) is 1. The summed E-state index contributed by atoms with van der Waals surface area (Å²) in [6.45, 7) is 6.01. The average Bonchev–Trinajstić information content (AvgIpc) is 3.43. The maximum atomic E-state index is 14.8. The zero-order valence-electron chi connectivity index (χ0n) is 16.0. The van der Waals surface area contributed by atoms with Crippen molar-refractivity contribution in [1.82, 2.24) is 4.90 Å². The molecular weight excluding hydrogens is 391 g/mol. The summed E-state index contributed by atoms with van der Waals surface area (Å²) in [5.41, 5.74) is 2.84. The van der Waals surface area contributed by atoms with Gasteiger partial charge < -0.3 is 5.32 Å². The van der Waals surface area contributed by atoms with Gasteiger partial charge in [0.2, 0.25) is 0 Å². The van der Waals surface area contributed by atoms with E-state index in [0.29, 0.717) is 10.4 Å². The highest BCUT2D eigenvalue weighted by Crippen LogP contribution is 2.43. The third-order valence-electron chi connectivity index (χ3n) is 5.38. The van der Waals surface area contributed by atoms with Crippen LogP contribution in [-0.2, 0) is 0 Å². The summed E-state index contributed by atoms with van der Waals surface area (Å²) in [4.78, 5) is 16.9. The van der Waals surface area contributed by atoms with Crippen LogP contribution in [0.4, 0.5) is 9.39 Å². The number of thiophene rings is 2. The molecule has 1 aliphatic rings. The van der Waals surface area contributed by atoms with Crippen molar-refractivity contribution in [1.29, 1.82) is 0 Å². The lowest BCUT2D eigenvalue weighted by molar-refractivity contribution is 0.103. The molecule has 6 heteroatoms. The summed E-state index contributed by atoms with van der Waals surface area (Å²) in [5, 5.41) is 5.83. The molecule has 0 aliphatic carbocycles. The number of anilines is 1. The molecule has 0 spiro atoms. The van der Waals surface area contributed by atoms with Gasteiger partial charge in [-0.25, -0.2) is 4.39 Å². The van der Waals surface area contributed by atoms with E-state index in [2.05, 4.69) is 24.1 Å². The Balaban J connectivity index is 1.80. The van der Waals surface area contributed by atoms with E-state index in [0.717, 1.165) is 46.9 Å². The van der Waals surface area contributed by atoms with E-state index in [1.807, 2.05) is 29.6 Å². The third-order valence-corrected chi connectivity index (χ3v) is 7.39. The highest BCUT2D eigenvalue weighted by Gasteiger charge is 2.32. The first-order valence-corrected chi connectivity index (χ1v) is 11.2. The van der Waals surface area contributed by atoms with Gasteiger partial charge in [-0.15, -0.1) is 22.7 Å². The number of halogens is 1. The van der Waals surface area contributed by atoms with E-state index in [4.69, 9.17) is 0 Å². The monoisotopic (exact) mass is 414 g/mol. The van der Waals surface area contributed by atoms with Gasteiger partial charge in [-0.2, -0.15) is 0 Å². The Kier molecular flexibility index (Phi) is 5.62. The third kappa shape index (κ3) is 3.64. The fraction of sp³-hybridized carbons (Fsp3) is 0.318. The minimum Gasteiger partial charge on any atom is -0.313 e. The van der Waals surface area contributed by atoms with E-state index in [1.165, 1.54) is 17.4 Å². The largest absolute Gasteiger partial charge is 0.313 e. The fourth-order valence-electron chi connectivity index (χ4n) is 3.87. The first-order valence-electron chi connectivity index (χ1n) is 9.49. The van der Waals surface area contributed by atoms with Crippen LogP contribution in [0.3, 0.4) is 0 Å². The number of benzene rings is 1. The van der Waals surface area contributed by atoms with Crippen molar-refractivity contribution in [3.05, 3.63) is 74.0 Å². The highest BCUT2D eigenvalue weighted by atomic mass is 32.1. The number of aryl methyl sites for hydroxylation is 1. The first-order chi connectivity index (χ1) is 13.6.